The summed E-state index contributed by atoms with van der Waals surface area (Å²) in [7, 11) is 3.29. The number of hydrogen-bond donors (Lipinski definition) is 2. The maximum Gasteiger partial charge on any atom is 0.416 e. The van der Waals surface area contributed by atoms with Crippen molar-refractivity contribution in [1.82, 2.24) is 15.5 Å². The predicted octanol–water partition coefficient (Wildman–Crippen LogP) is 3.39. The molecule has 2 aromatic rings. The van der Waals surface area contributed by atoms with E-state index in [2.05, 4.69) is 15.6 Å². The molecule has 0 aromatic heterocycles. The van der Waals surface area contributed by atoms with E-state index >= 15 is 0 Å². The number of likely N-dealkylation sites (N-methyl/N-ethyl adjacent to an activating group) is 1. The van der Waals surface area contributed by atoms with Gasteiger partial charge in [0.1, 0.15) is 5.75 Å². The van der Waals surface area contributed by atoms with Crippen molar-refractivity contribution in [1.29, 1.82) is 0 Å². The average molecular weight is 448 g/mol. The molecular formula is C23H27F3N4O2. The van der Waals surface area contributed by atoms with Gasteiger partial charge in [0.15, 0.2) is 5.96 Å². The summed E-state index contributed by atoms with van der Waals surface area (Å²) >= 11 is 0. The van der Waals surface area contributed by atoms with Crippen LogP contribution in [0.4, 0.5) is 13.2 Å². The number of carbonyl (C=O) groups is 1. The molecule has 9 heteroatoms. The third-order valence-electron chi connectivity index (χ3n) is 5.28. The minimum absolute atomic E-state index is 0.00585. The lowest BCUT2D eigenvalue weighted by molar-refractivity contribution is -0.137. The van der Waals surface area contributed by atoms with E-state index in [1.165, 1.54) is 11.0 Å². The van der Waals surface area contributed by atoms with E-state index < -0.39 is 11.7 Å². The molecule has 2 aromatic carbocycles. The number of benzene rings is 2. The maximum atomic E-state index is 13.0. The lowest BCUT2D eigenvalue weighted by atomic mass is 9.94. The molecule has 0 radical (unpaired) electrons. The molecule has 2 atom stereocenters. The second-order valence-corrected chi connectivity index (χ2v) is 7.89. The number of fused-ring (bicyclic) bond motifs is 1. The van der Waals surface area contributed by atoms with Crippen LogP contribution in [0.3, 0.4) is 0 Å². The first-order chi connectivity index (χ1) is 15.1. The summed E-state index contributed by atoms with van der Waals surface area (Å²) in [5, 5.41) is 6.25. The molecule has 32 heavy (non-hydrogen) atoms. The van der Waals surface area contributed by atoms with Gasteiger partial charge in [0.2, 0.25) is 5.91 Å². The van der Waals surface area contributed by atoms with Crippen LogP contribution < -0.4 is 15.4 Å². The molecule has 1 aliphatic rings. The molecule has 3 rings (SSSR count). The van der Waals surface area contributed by atoms with Crippen LogP contribution in [-0.2, 0) is 17.5 Å². The Kier molecular flexibility index (Phi) is 7.27. The van der Waals surface area contributed by atoms with Crippen LogP contribution >= 0.6 is 0 Å². The molecule has 0 aliphatic carbocycles. The number of halogens is 3. The Hall–Kier alpha value is -3.23. The van der Waals surface area contributed by atoms with Gasteiger partial charge in [0, 0.05) is 31.6 Å². The van der Waals surface area contributed by atoms with Crippen LogP contribution in [0.15, 0.2) is 53.5 Å². The van der Waals surface area contributed by atoms with E-state index in [0.29, 0.717) is 18.1 Å². The van der Waals surface area contributed by atoms with E-state index in [9.17, 15) is 18.0 Å². The predicted molar refractivity (Wildman–Crippen MR) is 117 cm³/mol. The number of guanidine groups is 1. The van der Waals surface area contributed by atoms with Gasteiger partial charge in [0.05, 0.1) is 25.3 Å². The fourth-order valence-corrected chi connectivity index (χ4v) is 3.40. The third-order valence-corrected chi connectivity index (χ3v) is 5.28. The van der Waals surface area contributed by atoms with Crippen LogP contribution in [-0.4, -0.2) is 50.1 Å². The molecule has 0 fully saturated rings. The van der Waals surface area contributed by atoms with Crippen LogP contribution in [0.2, 0.25) is 0 Å². The molecule has 172 valence electrons. The summed E-state index contributed by atoms with van der Waals surface area (Å²) in [6.07, 6.45) is -4.42. The number of hydrogen-bond acceptors (Lipinski definition) is 3. The fraction of sp³-hybridized carbons (Fsp3) is 0.391. The zero-order valence-corrected chi connectivity index (χ0v) is 18.2. The zero-order chi connectivity index (χ0) is 23.3. The number of carbonyl (C=O) groups excluding carboxylic acids is 1. The first-order valence-corrected chi connectivity index (χ1v) is 10.3. The topological polar surface area (TPSA) is 66.0 Å². The molecule has 0 spiro atoms. The minimum Gasteiger partial charge on any atom is -0.493 e. The van der Waals surface area contributed by atoms with Gasteiger partial charge in [-0.15, -0.1) is 0 Å². The third kappa shape index (κ3) is 5.93. The van der Waals surface area contributed by atoms with Gasteiger partial charge in [-0.3, -0.25) is 4.79 Å². The quantitative estimate of drug-likeness (QED) is 0.525. The molecular weight excluding hydrogens is 421 g/mol. The van der Waals surface area contributed by atoms with Crippen molar-refractivity contribution < 1.29 is 22.7 Å². The van der Waals surface area contributed by atoms with Gasteiger partial charge >= 0.3 is 6.18 Å². The largest absolute Gasteiger partial charge is 0.493 e. The molecule has 1 amide bonds. The van der Waals surface area contributed by atoms with E-state index in [0.717, 1.165) is 23.4 Å². The fourth-order valence-electron chi connectivity index (χ4n) is 3.40. The van der Waals surface area contributed by atoms with E-state index in [-0.39, 0.29) is 31.0 Å². The Morgan fingerprint density at radius 3 is 2.69 bits per heavy atom. The zero-order valence-electron chi connectivity index (χ0n) is 18.2. The first kappa shape index (κ1) is 23.4. The number of rotatable bonds is 6. The Bertz CT molecular complexity index is 976. The van der Waals surface area contributed by atoms with Gasteiger partial charge in [-0.25, -0.2) is 4.99 Å². The van der Waals surface area contributed by atoms with Gasteiger partial charge < -0.3 is 20.3 Å². The first-order valence-electron chi connectivity index (χ1n) is 10.3. The second kappa shape index (κ2) is 9.93. The summed E-state index contributed by atoms with van der Waals surface area (Å²) in [5.41, 5.74) is 0.777. The Morgan fingerprint density at radius 2 is 1.97 bits per heavy atom. The van der Waals surface area contributed by atoms with Crippen LogP contribution in [0, 0.1) is 0 Å². The van der Waals surface area contributed by atoms with Crippen molar-refractivity contribution >= 4 is 11.9 Å². The average Bonchev–Trinajstić information content (AvgIpc) is 3.19. The molecule has 2 unspecified atom stereocenters. The van der Waals surface area contributed by atoms with E-state index in [4.69, 9.17) is 4.74 Å². The summed E-state index contributed by atoms with van der Waals surface area (Å²) < 4.78 is 44.8. The molecule has 0 bridgehead atoms. The lowest BCUT2D eigenvalue weighted by Crippen LogP contribution is -2.47. The summed E-state index contributed by atoms with van der Waals surface area (Å²) in [6, 6.07) is 12.7. The van der Waals surface area contributed by atoms with Gasteiger partial charge in [0.25, 0.3) is 0 Å². The number of para-hydroxylation sites is 1. The van der Waals surface area contributed by atoms with E-state index in [1.54, 1.807) is 20.2 Å². The van der Waals surface area contributed by atoms with Crippen LogP contribution in [0.5, 0.6) is 5.75 Å². The van der Waals surface area contributed by atoms with E-state index in [1.807, 2.05) is 31.2 Å². The molecule has 0 saturated heterocycles. The Morgan fingerprint density at radius 1 is 1.22 bits per heavy atom. The summed E-state index contributed by atoms with van der Waals surface area (Å²) in [4.78, 5) is 17.9. The highest BCUT2D eigenvalue weighted by Crippen LogP contribution is 2.35. The monoisotopic (exact) mass is 448 g/mol. The number of ether oxygens (including phenoxy) is 1. The Labute approximate surface area is 185 Å². The highest BCUT2D eigenvalue weighted by molar-refractivity contribution is 5.86. The van der Waals surface area contributed by atoms with Crippen LogP contribution in [0.1, 0.15) is 29.5 Å². The second-order valence-electron chi connectivity index (χ2n) is 7.89. The van der Waals surface area contributed by atoms with Crippen molar-refractivity contribution in [2.75, 3.05) is 27.2 Å². The number of amides is 1. The molecule has 1 aliphatic heterocycles. The van der Waals surface area contributed by atoms with Gasteiger partial charge in [-0.05, 0) is 30.7 Å². The number of nitrogens with one attached hydrogen (secondary N) is 2. The number of aliphatic imine (C=N–C) groups is 1. The van der Waals surface area contributed by atoms with Crippen molar-refractivity contribution in [3.8, 4) is 5.75 Å². The summed E-state index contributed by atoms with van der Waals surface area (Å²) in [5.74, 6) is 1.09. The highest BCUT2D eigenvalue weighted by Gasteiger charge is 2.31. The molecule has 0 saturated carbocycles. The van der Waals surface area contributed by atoms with Crippen molar-refractivity contribution in [3.63, 3.8) is 0 Å². The molecule has 2 N–H and O–H groups in total. The maximum absolute atomic E-state index is 13.0. The van der Waals surface area contributed by atoms with Gasteiger partial charge in [-0.2, -0.15) is 13.2 Å². The summed E-state index contributed by atoms with van der Waals surface area (Å²) in [6.45, 7) is 2.52. The standard InChI is InChI=1S/C23H27F3N4O2/c1-15(19-14-32-20-10-5-4-9-18(19)20)29-22(28-13-21(31)30(2)3)27-12-16-7-6-8-17(11-16)23(24,25)26/h4-11,15,19H,12-14H2,1-3H3,(H2,27,28,29). The Balaban J connectivity index is 1.75. The smallest absolute Gasteiger partial charge is 0.416 e. The normalized spacial score (nSPS) is 16.7. The number of alkyl halides is 3. The van der Waals surface area contributed by atoms with Crippen molar-refractivity contribution in [2.24, 2.45) is 4.99 Å². The number of nitrogens with zero attached hydrogens (tertiary/aromatic N) is 2. The van der Waals surface area contributed by atoms with Crippen molar-refractivity contribution in [2.45, 2.75) is 31.6 Å². The highest BCUT2D eigenvalue weighted by atomic mass is 19.4. The van der Waals surface area contributed by atoms with Crippen molar-refractivity contribution in [3.05, 3.63) is 65.2 Å². The lowest BCUT2D eigenvalue weighted by Gasteiger charge is -2.23. The van der Waals surface area contributed by atoms with Gasteiger partial charge in [-0.1, -0.05) is 30.3 Å². The van der Waals surface area contributed by atoms with Crippen LogP contribution in [0.25, 0.3) is 0 Å². The SMILES string of the molecule is CC(NC(=NCc1cccc(C(F)(F)F)c1)NCC(=O)N(C)C)C1COc2ccccc21. The molecule has 1 heterocycles. The minimum atomic E-state index is -4.42. The molecule has 6 nitrogen and oxygen atoms in total.